The van der Waals surface area contributed by atoms with Crippen LogP contribution in [0.1, 0.15) is 27.7 Å². The average Bonchev–Trinajstić information content (AvgIpc) is 2.45. The van der Waals surface area contributed by atoms with Crippen LogP contribution in [0.15, 0.2) is 24.3 Å². The van der Waals surface area contributed by atoms with Crippen LogP contribution >= 0.6 is 0 Å². The number of carbonyl (C=O) groups is 1. The number of nitro groups is 1. The maximum atomic E-state index is 12.2. The van der Waals surface area contributed by atoms with Gasteiger partial charge in [-0.15, -0.1) is 0 Å². The minimum Gasteiger partial charge on any atom is -0.444 e. The highest BCUT2D eigenvalue weighted by atomic mass is 16.6. The van der Waals surface area contributed by atoms with Crippen molar-refractivity contribution >= 4 is 17.5 Å². The van der Waals surface area contributed by atoms with Gasteiger partial charge >= 0.3 is 6.09 Å². The van der Waals surface area contributed by atoms with Crippen molar-refractivity contribution < 1.29 is 14.5 Å². The molecule has 0 spiro atoms. The van der Waals surface area contributed by atoms with Crippen LogP contribution in [0.25, 0.3) is 0 Å². The van der Waals surface area contributed by atoms with E-state index < -0.39 is 5.60 Å². The Labute approximate surface area is 136 Å². The Bertz CT molecular complexity index is 597. The van der Waals surface area contributed by atoms with E-state index in [-0.39, 0.29) is 22.7 Å². The molecule has 126 valence electrons. The zero-order valence-corrected chi connectivity index (χ0v) is 14.0. The standard InChI is InChI=1S/C16H23N3O4/c1-12-11-17(13-7-5-6-8-14(13)19(21)22)9-10-18(12)15(20)23-16(2,3)4/h5-8,12H,9-11H2,1-4H3/t12-/m1/s1. The fourth-order valence-electron chi connectivity index (χ4n) is 2.65. The lowest BCUT2D eigenvalue weighted by Gasteiger charge is -2.40. The third-order valence-corrected chi connectivity index (χ3v) is 3.67. The van der Waals surface area contributed by atoms with Crippen molar-refractivity contribution in [2.24, 2.45) is 0 Å². The quantitative estimate of drug-likeness (QED) is 0.618. The summed E-state index contributed by atoms with van der Waals surface area (Å²) < 4.78 is 5.41. The number of nitrogens with zero attached hydrogens (tertiary/aromatic N) is 3. The highest BCUT2D eigenvalue weighted by molar-refractivity contribution is 5.70. The van der Waals surface area contributed by atoms with E-state index in [4.69, 9.17) is 4.74 Å². The molecule has 1 aromatic carbocycles. The van der Waals surface area contributed by atoms with Crippen LogP contribution in [-0.4, -0.2) is 47.2 Å². The lowest BCUT2D eigenvalue weighted by atomic mass is 10.1. The Morgan fingerprint density at radius 1 is 1.30 bits per heavy atom. The maximum absolute atomic E-state index is 12.2. The first-order valence-electron chi connectivity index (χ1n) is 7.67. The molecule has 1 heterocycles. The molecular weight excluding hydrogens is 298 g/mol. The molecule has 1 aliphatic heterocycles. The summed E-state index contributed by atoms with van der Waals surface area (Å²) in [5, 5.41) is 11.2. The molecule has 1 amide bonds. The molecule has 7 nitrogen and oxygen atoms in total. The number of amides is 1. The second kappa shape index (κ2) is 6.44. The second-order valence-corrected chi connectivity index (χ2v) is 6.71. The minimum atomic E-state index is -0.536. The van der Waals surface area contributed by atoms with Crippen molar-refractivity contribution in [2.45, 2.75) is 39.3 Å². The summed E-state index contributed by atoms with van der Waals surface area (Å²) in [5.41, 5.74) is 0.144. The van der Waals surface area contributed by atoms with Crippen molar-refractivity contribution in [3.8, 4) is 0 Å². The highest BCUT2D eigenvalue weighted by Crippen LogP contribution is 2.29. The number of para-hydroxylation sites is 2. The number of anilines is 1. The fraction of sp³-hybridized carbons (Fsp3) is 0.562. The predicted octanol–water partition coefficient (Wildman–Crippen LogP) is 3.04. The second-order valence-electron chi connectivity index (χ2n) is 6.71. The van der Waals surface area contributed by atoms with Crippen LogP contribution in [0.4, 0.5) is 16.2 Å². The molecule has 0 unspecified atom stereocenters. The van der Waals surface area contributed by atoms with Gasteiger partial charge in [-0.3, -0.25) is 10.1 Å². The van der Waals surface area contributed by atoms with Gasteiger partial charge in [-0.1, -0.05) is 12.1 Å². The number of hydrogen-bond acceptors (Lipinski definition) is 5. The third-order valence-electron chi connectivity index (χ3n) is 3.67. The van der Waals surface area contributed by atoms with Crippen LogP contribution in [0, 0.1) is 10.1 Å². The molecule has 0 aliphatic carbocycles. The topological polar surface area (TPSA) is 75.9 Å². The molecule has 0 N–H and O–H groups in total. The lowest BCUT2D eigenvalue weighted by Crippen LogP contribution is -2.55. The first-order chi connectivity index (χ1) is 10.7. The third kappa shape index (κ3) is 4.12. The lowest BCUT2D eigenvalue weighted by molar-refractivity contribution is -0.384. The Morgan fingerprint density at radius 2 is 1.96 bits per heavy atom. The molecule has 23 heavy (non-hydrogen) atoms. The fourth-order valence-corrected chi connectivity index (χ4v) is 2.65. The Morgan fingerprint density at radius 3 is 2.52 bits per heavy atom. The number of rotatable bonds is 2. The van der Waals surface area contributed by atoms with Gasteiger partial charge < -0.3 is 14.5 Å². The van der Waals surface area contributed by atoms with E-state index in [0.29, 0.717) is 25.3 Å². The zero-order valence-electron chi connectivity index (χ0n) is 14.0. The van der Waals surface area contributed by atoms with Gasteiger partial charge in [0.15, 0.2) is 0 Å². The normalized spacial score (nSPS) is 18.7. The van der Waals surface area contributed by atoms with Crippen molar-refractivity contribution in [3.63, 3.8) is 0 Å². The summed E-state index contributed by atoms with van der Waals surface area (Å²) in [5.74, 6) is 0. The Balaban J connectivity index is 2.10. The van der Waals surface area contributed by atoms with Crippen LogP contribution < -0.4 is 4.90 Å². The molecule has 0 radical (unpaired) electrons. The van der Waals surface area contributed by atoms with Crippen molar-refractivity contribution in [3.05, 3.63) is 34.4 Å². The van der Waals surface area contributed by atoms with Crippen molar-refractivity contribution in [2.75, 3.05) is 24.5 Å². The average molecular weight is 321 g/mol. The number of ether oxygens (including phenoxy) is 1. The molecule has 1 saturated heterocycles. The van der Waals surface area contributed by atoms with Gasteiger partial charge in [0, 0.05) is 31.7 Å². The van der Waals surface area contributed by atoms with E-state index in [1.54, 1.807) is 23.1 Å². The summed E-state index contributed by atoms with van der Waals surface area (Å²) >= 11 is 0. The number of nitro benzene ring substituents is 1. The van der Waals surface area contributed by atoms with Crippen molar-refractivity contribution in [1.29, 1.82) is 0 Å². The van der Waals surface area contributed by atoms with Gasteiger partial charge in [-0.2, -0.15) is 0 Å². The highest BCUT2D eigenvalue weighted by Gasteiger charge is 2.32. The van der Waals surface area contributed by atoms with Crippen LogP contribution in [0.3, 0.4) is 0 Å². The molecule has 0 saturated carbocycles. The largest absolute Gasteiger partial charge is 0.444 e. The van der Waals surface area contributed by atoms with E-state index in [0.717, 1.165) is 0 Å². The summed E-state index contributed by atoms with van der Waals surface area (Å²) in [6, 6.07) is 6.60. The number of benzene rings is 1. The number of piperazine rings is 1. The zero-order chi connectivity index (χ0) is 17.2. The van der Waals surface area contributed by atoms with Gasteiger partial charge in [0.25, 0.3) is 5.69 Å². The van der Waals surface area contributed by atoms with Crippen LogP contribution in [0.5, 0.6) is 0 Å². The molecule has 0 aromatic heterocycles. The smallest absolute Gasteiger partial charge is 0.410 e. The van der Waals surface area contributed by atoms with E-state index in [1.807, 2.05) is 32.6 Å². The molecule has 1 fully saturated rings. The summed E-state index contributed by atoms with van der Waals surface area (Å²) in [4.78, 5) is 26.6. The van der Waals surface area contributed by atoms with Gasteiger partial charge in [0.05, 0.1) is 4.92 Å². The van der Waals surface area contributed by atoms with Crippen LogP contribution in [-0.2, 0) is 4.74 Å². The molecule has 0 bridgehead atoms. The van der Waals surface area contributed by atoms with E-state index >= 15 is 0 Å². The van der Waals surface area contributed by atoms with Gasteiger partial charge in [0.1, 0.15) is 11.3 Å². The molecule has 1 atom stereocenters. The summed E-state index contributed by atoms with van der Waals surface area (Å²) in [7, 11) is 0. The van der Waals surface area contributed by atoms with E-state index in [2.05, 4.69) is 0 Å². The molecule has 2 rings (SSSR count). The number of hydrogen-bond donors (Lipinski definition) is 0. The molecule has 1 aromatic rings. The molecule has 7 heteroatoms. The summed E-state index contributed by atoms with van der Waals surface area (Å²) in [6.45, 7) is 8.96. The Hall–Kier alpha value is -2.31. The SMILES string of the molecule is C[C@@H]1CN(c2ccccc2[N+](=O)[O-])CCN1C(=O)OC(C)(C)C. The Kier molecular flexibility index (Phi) is 4.77. The van der Waals surface area contributed by atoms with Crippen molar-refractivity contribution in [1.82, 2.24) is 4.90 Å². The van der Waals surface area contributed by atoms with Gasteiger partial charge in [0.2, 0.25) is 0 Å². The first kappa shape index (κ1) is 17.1. The van der Waals surface area contributed by atoms with Gasteiger partial charge in [-0.05, 0) is 33.8 Å². The maximum Gasteiger partial charge on any atom is 0.410 e. The van der Waals surface area contributed by atoms with Crippen LogP contribution in [0.2, 0.25) is 0 Å². The first-order valence-corrected chi connectivity index (χ1v) is 7.67. The van der Waals surface area contributed by atoms with Gasteiger partial charge in [-0.25, -0.2) is 4.79 Å². The monoisotopic (exact) mass is 321 g/mol. The van der Waals surface area contributed by atoms with E-state index in [9.17, 15) is 14.9 Å². The minimum absolute atomic E-state index is 0.0848. The summed E-state index contributed by atoms with van der Waals surface area (Å²) in [6.07, 6.45) is -0.341. The molecule has 1 aliphatic rings. The number of carbonyl (C=O) groups excluding carboxylic acids is 1. The molecular formula is C16H23N3O4. The predicted molar refractivity (Wildman–Crippen MR) is 87.7 cm³/mol. The van der Waals surface area contributed by atoms with E-state index in [1.165, 1.54) is 6.07 Å².